The summed E-state index contributed by atoms with van der Waals surface area (Å²) in [6.07, 6.45) is 1.28. The van der Waals surface area contributed by atoms with Gasteiger partial charge in [-0.15, -0.1) is 0 Å². The molecule has 1 amide bonds. The lowest BCUT2D eigenvalue weighted by Crippen LogP contribution is -2.19. The van der Waals surface area contributed by atoms with Crippen LogP contribution in [-0.4, -0.2) is 30.0 Å². The Bertz CT molecular complexity index is 644. The van der Waals surface area contributed by atoms with E-state index in [1.807, 2.05) is 19.0 Å². The van der Waals surface area contributed by atoms with Crippen molar-refractivity contribution in [3.63, 3.8) is 0 Å². The monoisotopic (exact) mass is 291 g/mol. The van der Waals surface area contributed by atoms with Crippen molar-refractivity contribution in [2.24, 2.45) is 0 Å². The fourth-order valence-corrected chi connectivity index (χ4v) is 1.86. The lowest BCUT2D eigenvalue weighted by atomic mass is 10.1. The molecule has 1 aromatic heterocycles. The van der Waals surface area contributed by atoms with Gasteiger partial charge in [-0.3, -0.25) is 4.79 Å². The zero-order valence-electron chi connectivity index (χ0n) is 11.1. The highest BCUT2D eigenvalue weighted by Gasteiger charge is 2.14. The normalized spacial score (nSPS) is 10.2. The van der Waals surface area contributed by atoms with Crippen LogP contribution in [0.3, 0.4) is 0 Å². The largest absolute Gasteiger partial charge is 0.399 e. The first kappa shape index (κ1) is 14.1. The van der Waals surface area contributed by atoms with Gasteiger partial charge in [0.1, 0.15) is 17.3 Å². The number of nitrogens with two attached hydrogens (primary N) is 1. The fourth-order valence-electron chi connectivity index (χ4n) is 1.71. The molecule has 0 atom stereocenters. The third kappa shape index (κ3) is 3.16. The highest BCUT2D eigenvalue weighted by atomic mass is 35.5. The molecule has 3 N–H and O–H groups in total. The lowest BCUT2D eigenvalue weighted by Gasteiger charge is -2.17. The van der Waals surface area contributed by atoms with Gasteiger partial charge in [-0.1, -0.05) is 11.6 Å². The van der Waals surface area contributed by atoms with Crippen molar-refractivity contribution in [2.45, 2.75) is 0 Å². The Morgan fingerprint density at radius 3 is 2.70 bits per heavy atom. The van der Waals surface area contributed by atoms with E-state index in [1.54, 1.807) is 18.2 Å². The zero-order chi connectivity index (χ0) is 14.7. The molecule has 0 aliphatic heterocycles. The molecule has 0 unspecified atom stereocenters. The van der Waals surface area contributed by atoms with Gasteiger partial charge >= 0.3 is 0 Å². The summed E-state index contributed by atoms with van der Waals surface area (Å²) < 4.78 is 0. The zero-order valence-corrected chi connectivity index (χ0v) is 11.8. The second-order valence-electron chi connectivity index (χ2n) is 4.35. The van der Waals surface area contributed by atoms with Gasteiger partial charge in [-0.25, -0.2) is 9.97 Å². The van der Waals surface area contributed by atoms with E-state index in [9.17, 15) is 4.79 Å². The molecule has 104 valence electrons. The minimum Gasteiger partial charge on any atom is -0.399 e. The van der Waals surface area contributed by atoms with Gasteiger partial charge in [0.2, 0.25) is 0 Å². The van der Waals surface area contributed by atoms with Crippen LogP contribution < -0.4 is 16.0 Å². The smallest absolute Gasteiger partial charge is 0.258 e. The van der Waals surface area contributed by atoms with E-state index >= 15 is 0 Å². The van der Waals surface area contributed by atoms with E-state index in [0.29, 0.717) is 17.1 Å². The third-order valence-electron chi connectivity index (χ3n) is 2.62. The summed E-state index contributed by atoms with van der Waals surface area (Å²) in [6.45, 7) is 0. The molecule has 2 aromatic rings. The van der Waals surface area contributed by atoms with Crippen LogP contribution in [0, 0.1) is 0 Å². The van der Waals surface area contributed by atoms with E-state index in [4.69, 9.17) is 17.3 Å². The average Bonchev–Trinajstić information content (AvgIpc) is 2.38. The van der Waals surface area contributed by atoms with E-state index in [2.05, 4.69) is 15.3 Å². The predicted octanol–water partition coefficient (Wildman–Crippen LogP) is 2.03. The number of rotatable bonds is 3. The minimum absolute atomic E-state index is 0.260. The maximum absolute atomic E-state index is 12.3. The molecule has 0 spiro atoms. The number of hydrogen-bond donors (Lipinski definition) is 2. The molecule has 2 rings (SSSR count). The summed E-state index contributed by atoms with van der Waals surface area (Å²) in [6, 6.07) is 6.62. The molecule has 0 saturated heterocycles. The fraction of sp³-hybridized carbons (Fsp3) is 0.154. The van der Waals surface area contributed by atoms with Crippen molar-refractivity contribution in [1.82, 2.24) is 9.97 Å². The highest BCUT2D eigenvalue weighted by Crippen LogP contribution is 2.22. The van der Waals surface area contributed by atoms with Crippen LogP contribution in [0.2, 0.25) is 5.15 Å². The number of carbonyl (C=O) groups is 1. The Morgan fingerprint density at radius 1 is 1.30 bits per heavy atom. The first-order chi connectivity index (χ1) is 9.47. The minimum atomic E-state index is -0.309. The highest BCUT2D eigenvalue weighted by molar-refractivity contribution is 6.29. The quantitative estimate of drug-likeness (QED) is 0.668. The van der Waals surface area contributed by atoms with Crippen molar-refractivity contribution in [3.05, 3.63) is 41.3 Å². The Balaban J connectivity index is 2.31. The van der Waals surface area contributed by atoms with Gasteiger partial charge in [-0.05, 0) is 18.2 Å². The molecule has 20 heavy (non-hydrogen) atoms. The van der Waals surface area contributed by atoms with Crippen LogP contribution in [0.4, 0.5) is 17.2 Å². The summed E-state index contributed by atoms with van der Waals surface area (Å²) in [5.74, 6) is 0.0258. The Kier molecular flexibility index (Phi) is 4.05. The second kappa shape index (κ2) is 5.75. The molecule has 0 aliphatic rings. The molecular formula is C13H14ClN5O. The number of hydrogen-bond acceptors (Lipinski definition) is 5. The second-order valence-corrected chi connectivity index (χ2v) is 4.74. The summed E-state index contributed by atoms with van der Waals surface area (Å²) in [5.41, 5.74) is 7.48. The molecule has 7 heteroatoms. The maximum atomic E-state index is 12.3. The Hall–Kier alpha value is -2.34. The molecular weight excluding hydrogens is 278 g/mol. The summed E-state index contributed by atoms with van der Waals surface area (Å²) in [4.78, 5) is 21.8. The van der Waals surface area contributed by atoms with E-state index in [0.717, 1.165) is 5.69 Å². The van der Waals surface area contributed by atoms with Crippen molar-refractivity contribution in [1.29, 1.82) is 0 Å². The molecule has 0 radical (unpaired) electrons. The molecule has 0 aliphatic carbocycles. The summed E-state index contributed by atoms with van der Waals surface area (Å²) >= 11 is 5.75. The number of anilines is 3. The van der Waals surface area contributed by atoms with Gasteiger partial charge in [-0.2, -0.15) is 0 Å². The van der Waals surface area contributed by atoms with Gasteiger partial charge in [0.25, 0.3) is 5.91 Å². The van der Waals surface area contributed by atoms with Crippen LogP contribution in [0.15, 0.2) is 30.6 Å². The van der Waals surface area contributed by atoms with Crippen molar-refractivity contribution < 1.29 is 4.79 Å². The van der Waals surface area contributed by atoms with Crippen LogP contribution in [0.25, 0.3) is 0 Å². The molecule has 1 heterocycles. The number of aromatic nitrogens is 2. The average molecular weight is 292 g/mol. The maximum Gasteiger partial charge on any atom is 0.258 e. The lowest BCUT2D eigenvalue weighted by molar-refractivity contribution is 0.102. The van der Waals surface area contributed by atoms with Crippen LogP contribution in [0.1, 0.15) is 10.4 Å². The Labute approximate surface area is 121 Å². The first-order valence-electron chi connectivity index (χ1n) is 5.83. The number of nitrogen functional groups attached to an aromatic ring is 1. The van der Waals surface area contributed by atoms with Gasteiger partial charge in [0.15, 0.2) is 0 Å². The number of carbonyl (C=O) groups excluding carboxylic acids is 1. The summed E-state index contributed by atoms with van der Waals surface area (Å²) in [7, 11) is 3.70. The topological polar surface area (TPSA) is 84.1 Å². The molecule has 6 nitrogen and oxygen atoms in total. The van der Waals surface area contributed by atoms with Crippen LogP contribution >= 0.6 is 11.6 Å². The third-order valence-corrected chi connectivity index (χ3v) is 2.83. The van der Waals surface area contributed by atoms with Crippen LogP contribution in [0.5, 0.6) is 0 Å². The van der Waals surface area contributed by atoms with Crippen molar-refractivity contribution in [3.8, 4) is 0 Å². The standard InChI is InChI=1S/C13H14ClN5O/c1-19(2)10-4-3-8(15)5-9(10)13(20)18-12-6-11(14)16-7-17-12/h3-7H,15H2,1-2H3,(H,16,17,18,20). The first-order valence-corrected chi connectivity index (χ1v) is 6.21. The van der Waals surface area contributed by atoms with Crippen LogP contribution in [-0.2, 0) is 0 Å². The van der Waals surface area contributed by atoms with Gasteiger partial charge in [0.05, 0.1) is 5.56 Å². The number of halogens is 1. The SMILES string of the molecule is CN(C)c1ccc(N)cc1C(=O)Nc1cc(Cl)ncn1. The van der Waals surface area contributed by atoms with Crippen molar-refractivity contribution >= 4 is 34.7 Å². The molecule has 0 fully saturated rings. The Morgan fingerprint density at radius 2 is 2.05 bits per heavy atom. The van der Waals surface area contributed by atoms with Gasteiger partial charge in [0, 0.05) is 31.5 Å². The molecule has 0 saturated carbocycles. The van der Waals surface area contributed by atoms with Gasteiger partial charge < -0.3 is 16.0 Å². The van der Waals surface area contributed by atoms with E-state index in [1.165, 1.54) is 12.4 Å². The number of nitrogens with one attached hydrogen (secondary N) is 1. The number of nitrogens with zero attached hydrogens (tertiary/aromatic N) is 3. The van der Waals surface area contributed by atoms with Crippen molar-refractivity contribution in [2.75, 3.05) is 30.0 Å². The summed E-state index contributed by atoms with van der Waals surface area (Å²) in [5, 5.41) is 2.92. The molecule has 0 bridgehead atoms. The predicted molar refractivity (Wildman–Crippen MR) is 80.2 cm³/mol. The number of amides is 1. The van der Waals surface area contributed by atoms with E-state index in [-0.39, 0.29) is 11.1 Å². The number of benzene rings is 1. The molecule has 1 aromatic carbocycles. The van der Waals surface area contributed by atoms with E-state index < -0.39 is 0 Å².